The third kappa shape index (κ3) is 3.26. The maximum absolute atomic E-state index is 13.2. The van der Waals surface area contributed by atoms with Gasteiger partial charge < -0.3 is 5.73 Å². The van der Waals surface area contributed by atoms with Crippen molar-refractivity contribution in [2.24, 2.45) is 0 Å². The molecule has 0 fully saturated rings. The van der Waals surface area contributed by atoms with Gasteiger partial charge in [0, 0.05) is 11.1 Å². The standard InChI is InChI=1S/C12H14FN3O2S2/c1-7(2)11-6-19-12(15-11)16-20(17,18)10-4-8(13)3-9(14)5-10/h3-7H,14H2,1-2H3,(H,15,16). The van der Waals surface area contributed by atoms with Crippen molar-refractivity contribution in [1.82, 2.24) is 4.98 Å². The smallest absolute Gasteiger partial charge is 0.263 e. The molecule has 1 aromatic carbocycles. The molecule has 1 heterocycles. The number of anilines is 2. The summed E-state index contributed by atoms with van der Waals surface area (Å²) < 4.78 is 39.8. The first-order valence-electron chi connectivity index (χ1n) is 5.82. The molecule has 2 aromatic rings. The Morgan fingerprint density at radius 1 is 1.35 bits per heavy atom. The number of hydrogen-bond acceptors (Lipinski definition) is 5. The predicted molar refractivity (Wildman–Crippen MR) is 77.8 cm³/mol. The van der Waals surface area contributed by atoms with Crippen LogP contribution in [0.1, 0.15) is 25.5 Å². The van der Waals surface area contributed by atoms with Crippen molar-refractivity contribution >= 4 is 32.2 Å². The molecule has 0 saturated heterocycles. The van der Waals surface area contributed by atoms with E-state index in [1.165, 1.54) is 17.4 Å². The van der Waals surface area contributed by atoms with E-state index in [-0.39, 0.29) is 21.6 Å². The predicted octanol–water partition coefficient (Wildman–Crippen LogP) is 2.79. The molecule has 20 heavy (non-hydrogen) atoms. The summed E-state index contributed by atoms with van der Waals surface area (Å²) in [5, 5.41) is 2.03. The SMILES string of the molecule is CC(C)c1csc(NS(=O)(=O)c2cc(N)cc(F)c2)n1. The van der Waals surface area contributed by atoms with Gasteiger partial charge in [-0.2, -0.15) is 0 Å². The average Bonchev–Trinajstić information content (AvgIpc) is 2.75. The second-order valence-corrected chi connectivity index (χ2v) is 7.10. The van der Waals surface area contributed by atoms with E-state index in [0.717, 1.165) is 17.8 Å². The minimum Gasteiger partial charge on any atom is -0.399 e. The van der Waals surface area contributed by atoms with Gasteiger partial charge >= 0.3 is 0 Å². The lowest BCUT2D eigenvalue weighted by atomic mass is 10.2. The molecule has 0 spiro atoms. The van der Waals surface area contributed by atoms with Gasteiger partial charge in [-0.1, -0.05) is 13.8 Å². The number of sulfonamides is 1. The number of nitrogens with two attached hydrogens (primary N) is 1. The van der Waals surface area contributed by atoms with Crippen LogP contribution in [-0.2, 0) is 10.0 Å². The van der Waals surface area contributed by atoms with Crippen molar-refractivity contribution < 1.29 is 12.8 Å². The monoisotopic (exact) mass is 315 g/mol. The lowest BCUT2D eigenvalue weighted by Crippen LogP contribution is -2.13. The Morgan fingerprint density at radius 2 is 2.05 bits per heavy atom. The van der Waals surface area contributed by atoms with Crippen LogP contribution in [0.25, 0.3) is 0 Å². The maximum Gasteiger partial charge on any atom is 0.263 e. The van der Waals surface area contributed by atoms with Gasteiger partial charge in [0.2, 0.25) is 0 Å². The van der Waals surface area contributed by atoms with Crippen molar-refractivity contribution in [2.75, 3.05) is 10.5 Å². The highest BCUT2D eigenvalue weighted by Crippen LogP contribution is 2.24. The first kappa shape index (κ1) is 14.7. The number of thiazole rings is 1. The Kier molecular flexibility index (Phi) is 3.96. The molecule has 0 aliphatic rings. The number of benzene rings is 1. The highest BCUT2D eigenvalue weighted by molar-refractivity contribution is 7.93. The molecule has 0 unspecified atom stereocenters. The fourth-order valence-electron chi connectivity index (χ4n) is 1.51. The van der Waals surface area contributed by atoms with Crippen LogP contribution in [0.2, 0.25) is 0 Å². The number of nitrogen functional groups attached to an aromatic ring is 1. The fourth-order valence-corrected chi connectivity index (χ4v) is 3.70. The Labute approximate surface area is 120 Å². The van der Waals surface area contributed by atoms with E-state index < -0.39 is 15.8 Å². The summed E-state index contributed by atoms with van der Waals surface area (Å²) in [5.74, 6) is -0.498. The zero-order valence-corrected chi connectivity index (χ0v) is 12.6. The first-order valence-corrected chi connectivity index (χ1v) is 8.18. The average molecular weight is 315 g/mol. The molecular formula is C12H14FN3O2S2. The Bertz CT molecular complexity index is 706. The summed E-state index contributed by atoms with van der Waals surface area (Å²) in [5.41, 5.74) is 6.29. The van der Waals surface area contributed by atoms with Crippen LogP contribution in [0.4, 0.5) is 15.2 Å². The Balaban J connectivity index is 2.30. The number of nitrogens with zero attached hydrogens (tertiary/aromatic N) is 1. The molecule has 0 saturated carbocycles. The van der Waals surface area contributed by atoms with Gasteiger partial charge in [-0.25, -0.2) is 17.8 Å². The van der Waals surface area contributed by atoms with Crippen LogP contribution in [-0.4, -0.2) is 13.4 Å². The van der Waals surface area contributed by atoms with Crippen LogP contribution in [0.5, 0.6) is 0 Å². The third-order valence-corrected chi connectivity index (χ3v) is 4.76. The molecule has 0 radical (unpaired) electrons. The molecule has 0 atom stereocenters. The van der Waals surface area contributed by atoms with Gasteiger partial charge in [-0.05, 0) is 24.1 Å². The third-order valence-electron chi connectivity index (χ3n) is 2.54. The van der Waals surface area contributed by atoms with Gasteiger partial charge in [0.15, 0.2) is 5.13 Å². The second kappa shape index (κ2) is 5.37. The number of aromatic nitrogens is 1. The van der Waals surface area contributed by atoms with Crippen LogP contribution in [0.3, 0.4) is 0 Å². The molecule has 0 aliphatic carbocycles. The van der Waals surface area contributed by atoms with E-state index in [9.17, 15) is 12.8 Å². The lowest BCUT2D eigenvalue weighted by molar-refractivity contribution is 0.595. The normalized spacial score (nSPS) is 11.8. The van der Waals surface area contributed by atoms with Gasteiger partial charge in [0.1, 0.15) is 5.82 Å². The maximum atomic E-state index is 13.2. The van der Waals surface area contributed by atoms with Crippen LogP contribution < -0.4 is 10.5 Å². The summed E-state index contributed by atoms with van der Waals surface area (Å²) in [6.45, 7) is 3.92. The number of halogens is 1. The van der Waals surface area contributed by atoms with Crippen molar-refractivity contribution in [3.05, 3.63) is 35.1 Å². The topological polar surface area (TPSA) is 85.1 Å². The molecular weight excluding hydrogens is 301 g/mol. The molecule has 0 amide bonds. The van der Waals surface area contributed by atoms with E-state index in [1.807, 2.05) is 13.8 Å². The van der Waals surface area contributed by atoms with Crippen LogP contribution in [0, 0.1) is 5.82 Å². The molecule has 0 bridgehead atoms. The molecule has 8 heteroatoms. The van der Waals surface area contributed by atoms with Crippen LogP contribution in [0.15, 0.2) is 28.5 Å². The van der Waals surface area contributed by atoms with Gasteiger partial charge in [-0.3, -0.25) is 4.72 Å². The number of rotatable bonds is 4. The van der Waals surface area contributed by atoms with Crippen LogP contribution >= 0.6 is 11.3 Å². The van der Waals surface area contributed by atoms with E-state index in [0.29, 0.717) is 0 Å². The molecule has 3 N–H and O–H groups in total. The molecule has 2 rings (SSSR count). The summed E-state index contributed by atoms with van der Waals surface area (Å²) in [4.78, 5) is 3.94. The van der Waals surface area contributed by atoms with Gasteiger partial charge in [-0.15, -0.1) is 11.3 Å². The Morgan fingerprint density at radius 3 is 2.60 bits per heavy atom. The van der Waals surface area contributed by atoms with E-state index in [4.69, 9.17) is 5.73 Å². The van der Waals surface area contributed by atoms with Crippen molar-refractivity contribution in [1.29, 1.82) is 0 Å². The zero-order chi connectivity index (χ0) is 14.9. The minimum absolute atomic E-state index is 0.0485. The van der Waals surface area contributed by atoms with Crippen molar-refractivity contribution in [3.63, 3.8) is 0 Å². The van der Waals surface area contributed by atoms with Gasteiger partial charge in [0.05, 0.1) is 10.6 Å². The Hall–Kier alpha value is -1.67. The lowest BCUT2D eigenvalue weighted by Gasteiger charge is -2.06. The van der Waals surface area contributed by atoms with Crippen molar-refractivity contribution in [3.8, 4) is 0 Å². The van der Waals surface area contributed by atoms with E-state index >= 15 is 0 Å². The highest BCUT2D eigenvalue weighted by atomic mass is 32.2. The largest absolute Gasteiger partial charge is 0.399 e. The summed E-state index contributed by atoms with van der Waals surface area (Å²) in [7, 11) is -3.89. The summed E-state index contributed by atoms with van der Waals surface area (Å²) in [6, 6.07) is 3.16. The molecule has 0 aliphatic heterocycles. The first-order chi connectivity index (χ1) is 9.28. The molecule has 1 aromatic heterocycles. The fraction of sp³-hybridized carbons (Fsp3) is 0.250. The van der Waals surface area contributed by atoms with E-state index in [2.05, 4.69) is 9.71 Å². The second-order valence-electron chi connectivity index (χ2n) is 4.56. The summed E-state index contributed by atoms with van der Waals surface area (Å²) >= 11 is 1.18. The quantitative estimate of drug-likeness (QED) is 0.850. The van der Waals surface area contributed by atoms with Crippen molar-refractivity contribution in [2.45, 2.75) is 24.7 Å². The number of nitrogens with one attached hydrogen (secondary N) is 1. The van der Waals surface area contributed by atoms with Gasteiger partial charge in [0.25, 0.3) is 10.0 Å². The zero-order valence-electron chi connectivity index (χ0n) is 10.9. The summed E-state index contributed by atoms with van der Waals surface area (Å²) in [6.07, 6.45) is 0. The number of hydrogen-bond donors (Lipinski definition) is 2. The molecule has 5 nitrogen and oxygen atoms in total. The van der Waals surface area contributed by atoms with E-state index in [1.54, 1.807) is 5.38 Å². The highest BCUT2D eigenvalue weighted by Gasteiger charge is 2.18. The molecule has 108 valence electrons. The minimum atomic E-state index is -3.89.